The molecule has 0 saturated heterocycles. The summed E-state index contributed by atoms with van der Waals surface area (Å²) in [5.74, 6) is 6.65. The number of rotatable bonds is 7. The molecule has 0 atom stereocenters. The number of benzene rings is 1. The minimum atomic E-state index is -3.42. The second kappa shape index (κ2) is 10.8. The smallest absolute Gasteiger partial charge is 0.312 e. The first kappa shape index (κ1) is 24.2. The van der Waals surface area contributed by atoms with Gasteiger partial charge in [-0.2, -0.15) is 0 Å². The fourth-order valence-electron chi connectivity index (χ4n) is 2.99. The number of sulfonamides is 1. The molecule has 3 N–H and O–H groups in total. The van der Waals surface area contributed by atoms with Gasteiger partial charge < -0.3 is 4.74 Å². The summed E-state index contributed by atoms with van der Waals surface area (Å²) in [6.45, 7) is 8.11. The molecule has 166 valence electrons. The summed E-state index contributed by atoms with van der Waals surface area (Å²) in [4.78, 5) is 4.14. The van der Waals surface area contributed by atoms with Gasteiger partial charge in [-0.15, -0.1) is 0 Å². The summed E-state index contributed by atoms with van der Waals surface area (Å²) in [6.07, 6.45) is 13.6. The Kier molecular flexibility index (Phi) is 8.41. The predicted molar refractivity (Wildman–Crippen MR) is 128 cm³/mol. The van der Waals surface area contributed by atoms with E-state index in [1.165, 1.54) is 10.6 Å². The number of nitrogens with two attached hydrogens (primary N) is 1. The highest BCUT2D eigenvalue weighted by Crippen LogP contribution is 2.22. The maximum absolute atomic E-state index is 11.6. The minimum Gasteiger partial charge on any atom is -0.425 e. The largest absolute Gasteiger partial charge is 0.425 e. The van der Waals surface area contributed by atoms with Crippen LogP contribution in [0.1, 0.15) is 37.0 Å². The lowest BCUT2D eigenvalue weighted by Gasteiger charge is -2.22. The van der Waals surface area contributed by atoms with Gasteiger partial charge >= 0.3 is 6.02 Å². The first-order valence-electron chi connectivity index (χ1n) is 9.89. The van der Waals surface area contributed by atoms with Crippen LogP contribution < -0.4 is 10.6 Å². The molecule has 0 heterocycles. The monoisotopic (exact) mass is 442 g/mol. The Morgan fingerprint density at radius 1 is 1.42 bits per heavy atom. The van der Waals surface area contributed by atoms with Crippen LogP contribution in [-0.2, 0) is 21.2 Å². The zero-order valence-corrected chi connectivity index (χ0v) is 19.2. The quantitative estimate of drug-likeness (QED) is 0.221. The highest BCUT2D eigenvalue weighted by molar-refractivity contribution is 7.88. The number of hydrazine groups is 1. The Morgan fingerprint density at radius 3 is 2.77 bits per heavy atom. The molecule has 0 aromatic heterocycles. The number of allylic oxidation sites excluding steroid dienone is 5. The van der Waals surface area contributed by atoms with Crippen molar-refractivity contribution in [1.82, 2.24) is 9.73 Å². The maximum atomic E-state index is 11.6. The van der Waals surface area contributed by atoms with Crippen molar-refractivity contribution in [2.75, 3.05) is 13.3 Å². The molecular formula is C23H30N4O3S. The molecule has 0 unspecified atom stereocenters. The van der Waals surface area contributed by atoms with Crippen LogP contribution >= 0.6 is 0 Å². The highest BCUT2D eigenvalue weighted by Gasteiger charge is 2.17. The summed E-state index contributed by atoms with van der Waals surface area (Å²) in [6, 6.07) is 6.13. The predicted octanol–water partition coefficient (Wildman–Crippen LogP) is 3.71. The van der Waals surface area contributed by atoms with Gasteiger partial charge in [0.15, 0.2) is 0 Å². The number of hydrogen-bond acceptors (Lipinski definition) is 5. The summed E-state index contributed by atoms with van der Waals surface area (Å²) < 4.78 is 31.5. The average molecular weight is 443 g/mol. The SMILES string of the molecule is C=C(O/C(=N\C)N(N)C1=CC(NS(C)(=O)=O)=CCC=C1)c1ccc(CC)c(/C=C\C)c1. The van der Waals surface area contributed by atoms with Gasteiger partial charge in [0, 0.05) is 18.3 Å². The van der Waals surface area contributed by atoms with E-state index in [1.54, 1.807) is 25.3 Å². The second-order valence-corrected chi connectivity index (χ2v) is 8.66. The third kappa shape index (κ3) is 6.97. The van der Waals surface area contributed by atoms with Crippen LogP contribution in [0, 0.1) is 0 Å². The van der Waals surface area contributed by atoms with Crippen molar-refractivity contribution in [2.24, 2.45) is 10.8 Å². The topological polar surface area (TPSA) is 97.0 Å². The molecule has 0 aliphatic heterocycles. The molecule has 0 radical (unpaired) electrons. The van der Waals surface area contributed by atoms with Crippen molar-refractivity contribution < 1.29 is 13.2 Å². The zero-order valence-electron chi connectivity index (χ0n) is 18.4. The van der Waals surface area contributed by atoms with E-state index in [1.807, 2.05) is 43.4 Å². The molecule has 1 aromatic rings. The Balaban J connectivity index is 2.25. The van der Waals surface area contributed by atoms with Gasteiger partial charge in [-0.1, -0.05) is 49.9 Å². The number of nitrogens with zero attached hydrogens (tertiary/aromatic N) is 2. The lowest BCUT2D eigenvalue weighted by molar-refractivity contribution is 0.384. The van der Waals surface area contributed by atoms with Gasteiger partial charge in [-0.3, -0.25) is 4.72 Å². The molecule has 0 saturated carbocycles. The number of hydrogen-bond donors (Lipinski definition) is 2. The first-order chi connectivity index (χ1) is 14.7. The Labute approximate surface area is 185 Å². The molecule has 0 bridgehead atoms. The van der Waals surface area contributed by atoms with E-state index in [2.05, 4.69) is 23.2 Å². The van der Waals surface area contributed by atoms with Crippen LogP contribution in [0.5, 0.6) is 0 Å². The van der Waals surface area contributed by atoms with E-state index in [9.17, 15) is 8.42 Å². The van der Waals surface area contributed by atoms with Crippen LogP contribution in [0.3, 0.4) is 0 Å². The standard InChI is InChI=1S/C23H30N4O3S/c1-6-10-20-15-19(14-13-18(20)7-2)17(3)30-23(25-4)27(24)22-12-9-8-11-21(16-22)26-31(5,28)29/h6,9-16,26H,3,7-8,24H2,1-2,4-5H3/b10-6-,25-23-. The van der Waals surface area contributed by atoms with Crippen LogP contribution in [0.25, 0.3) is 11.8 Å². The van der Waals surface area contributed by atoms with E-state index in [-0.39, 0.29) is 6.02 Å². The second-order valence-electron chi connectivity index (χ2n) is 6.91. The van der Waals surface area contributed by atoms with E-state index >= 15 is 0 Å². The van der Waals surface area contributed by atoms with Gasteiger partial charge in [0.25, 0.3) is 0 Å². The molecule has 31 heavy (non-hydrogen) atoms. The average Bonchev–Trinajstić information content (AvgIpc) is 2.95. The van der Waals surface area contributed by atoms with Gasteiger partial charge in [-0.25, -0.2) is 24.3 Å². The number of aryl methyl sites for hydroxylation is 1. The summed E-state index contributed by atoms with van der Waals surface area (Å²) in [5, 5.41) is 1.25. The number of amidine groups is 1. The van der Waals surface area contributed by atoms with Gasteiger partial charge in [-0.05, 0) is 49.1 Å². The molecule has 1 aliphatic carbocycles. The van der Waals surface area contributed by atoms with E-state index in [0.717, 1.165) is 23.8 Å². The van der Waals surface area contributed by atoms with Crippen molar-refractivity contribution in [3.8, 4) is 0 Å². The fourth-order valence-corrected chi connectivity index (χ4v) is 3.56. The van der Waals surface area contributed by atoms with Crippen LogP contribution in [0.2, 0.25) is 0 Å². The zero-order chi connectivity index (χ0) is 23.0. The van der Waals surface area contributed by atoms with Crippen LogP contribution in [0.4, 0.5) is 0 Å². The lowest BCUT2D eigenvalue weighted by atomic mass is 10.0. The minimum absolute atomic E-state index is 0.119. The fraction of sp³-hybridized carbons (Fsp3) is 0.261. The Morgan fingerprint density at radius 2 is 2.16 bits per heavy atom. The molecule has 7 nitrogen and oxygen atoms in total. The van der Waals surface area contributed by atoms with Gasteiger partial charge in [0.05, 0.1) is 12.0 Å². The number of aliphatic imine (C=N–C) groups is 1. The van der Waals surface area contributed by atoms with Crippen molar-refractivity contribution in [3.63, 3.8) is 0 Å². The molecular weight excluding hydrogens is 412 g/mol. The molecule has 1 aromatic carbocycles. The first-order valence-corrected chi connectivity index (χ1v) is 11.8. The Bertz CT molecular complexity index is 1080. The molecule has 0 amide bonds. The molecule has 0 fully saturated rings. The van der Waals surface area contributed by atoms with Gasteiger partial charge in [0.1, 0.15) is 5.76 Å². The summed E-state index contributed by atoms with van der Waals surface area (Å²) >= 11 is 0. The van der Waals surface area contributed by atoms with Crippen molar-refractivity contribution >= 4 is 27.9 Å². The number of ether oxygens (including phenoxy) is 1. The lowest BCUT2D eigenvalue weighted by Crippen LogP contribution is -2.37. The van der Waals surface area contributed by atoms with E-state index in [4.69, 9.17) is 10.6 Å². The van der Waals surface area contributed by atoms with E-state index in [0.29, 0.717) is 23.6 Å². The molecule has 2 rings (SSSR count). The summed E-state index contributed by atoms with van der Waals surface area (Å²) in [7, 11) is -1.86. The van der Waals surface area contributed by atoms with Gasteiger partial charge in [0.2, 0.25) is 10.0 Å². The van der Waals surface area contributed by atoms with Crippen molar-refractivity contribution in [3.05, 3.63) is 83.2 Å². The van der Waals surface area contributed by atoms with Crippen molar-refractivity contribution in [1.29, 1.82) is 0 Å². The Hall–Kier alpha value is -3.10. The van der Waals surface area contributed by atoms with Crippen LogP contribution in [-0.4, -0.2) is 32.8 Å². The molecule has 1 aliphatic rings. The third-order valence-electron chi connectivity index (χ3n) is 4.45. The highest BCUT2D eigenvalue weighted by atomic mass is 32.2. The number of nitrogens with one attached hydrogen (secondary N) is 1. The van der Waals surface area contributed by atoms with Crippen molar-refractivity contribution in [2.45, 2.75) is 26.7 Å². The third-order valence-corrected chi connectivity index (χ3v) is 5.06. The summed E-state index contributed by atoms with van der Waals surface area (Å²) in [5.41, 5.74) is 4.06. The maximum Gasteiger partial charge on any atom is 0.312 e. The normalized spacial score (nSPS) is 14.7. The molecule has 8 heteroatoms. The van der Waals surface area contributed by atoms with E-state index < -0.39 is 10.0 Å². The van der Waals surface area contributed by atoms with Crippen LogP contribution in [0.15, 0.2) is 71.5 Å². The molecule has 0 spiro atoms.